The molecule has 3 rings (SSSR count). The summed E-state index contributed by atoms with van der Waals surface area (Å²) < 4.78 is 5.44. The van der Waals surface area contributed by atoms with Gasteiger partial charge in [0.05, 0.1) is 6.04 Å². The number of amides is 2. The van der Waals surface area contributed by atoms with Crippen LogP contribution in [0.25, 0.3) is 0 Å². The Kier molecular flexibility index (Phi) is 7.20. The van der Waals surface area contributed by atoms with Crippen LogP contribution in [0.2, 0.25) is 0 Å². The van der Waals surface area contributed by atoms with Crippen LogP contribution in [-0.4, -0.2) is 57.7 Å². The lowest BCUT2D eigenvalue weighted by Crippen LogP contribution is -2.53. The minimum Gasteiger partial charge on any atom is -0.479 e. The summed E-state index contributed by atoms with van der Waals surface area (Å²) in [7, 11) is 0. The molecular formula is C24H37N3O5. The molecule has 0 aromatic carbocycles. The zero-order chi connectivity index (χ0) is 23.5. The van der Waals surface area contributed by atoms with E-state index in [4.69, 9.17) is 4.74 Å². The van der Waals surface area contributed by atoms with Crippen molar-refractivity contribution in [3.05, 3.63) is 24.4 Å². The molecule has 3 aliphatic rings. The molecule has 2 heterocycles. The standard InChI is InChI=1S/C24H37N3O5/c1-16-18(25-22(31)32-23(2,3)4)12-9-7-5-6-8-11-17-15-24(17,21(29)30)26-20(28)19-13-10-14-27(16)19/h8,11,17-19H,1,5-7,9-10,12-15H2,2-4H3,(H,25,31)(H,26,28)(H,29,30)/b11-8-/t17-,18+,19+,24-/m1/s1. The van der Waals surface area contributed by atoms with E-state index in [0.717, 1.165) is 32.1 Å². The highest BCUT2D eigenvalue weighted by Crippen LogP contribution is 2.45. The fourth-order valence-corrected chi connectivity index (χ4v) is 4.67. The van der Waals surface area contributed by atoms with E-state index in [1.807, 2.05) is 37.8 Å². The van der Waals surface area contributed by atoms with Crippen LogP contribution in [0.15, 0.2) is 24.4 Å². The third-order valence-corrected chi connectivity index (χ3v) is 6.49. The monoisotopic (exact) mass is 447 g/mol. The third kappa shape index (κ3) is 5.64. The van der Waals surface area contributed by atoms with Crippen LogP contribution in [0.1, 0.15) is 72.1 Å². The maximum absolute atomic E-state index is 13.1. The first-order valence-corrected chi connectivity index (χ1v) is 11.7. The summed E-state index contributed by atoms with van der Waals surface area (Å²) in [4.78, 5) is 39.5. The SMILES string of the molecule is C=C1[C@@H](NC(=O)OC(C)(C)C)CCCCC/C=C\[C@@H]2C[C@@]2(C(=O)O)NC(=O)[C@@H]2CCCN12. The molecule has 8 nitrogen and oxygen atoms in total. The minimum atomic E-state index is -1.21. The van der Waals surface area contributed by atoms with Gasteiger partial charge in [-0.05, 0) is 59.3 Å². The van der Waals surface area contributed by atoms with Crippen LogP contribution in [0, 0.1) is 5.92 Å². The van der Waals surface area contributed by atoms with Crippen LogP contribution < -0.4 is 10.6 Å². The number of carboxylic acids is 1. The van der Waals surface area contributed by atoms with Gasteiger partial charge >= 0.3 is 12.1 Å². The van der Waals surface area contributed by atoms with E-state index in [-0.39, 0.29) is 17.9 Å². The molecule has 1 saturated carbocycles. The molecule has 0 radical (unpaired) electrons. The number of carbonyl (C=O) groups is 3. The van der Waals surface area contributed by atoms with E-state index in [9.17, 15) is 19.5 Å². The van der Waals surface area contributed by atoms with Crippen molar-refractivity contribution in [1.29, 1.82) is 0 Å². The van der Waals surface area contributed by atoms with Crippen molar-refractivity contribution < 1.29 is 24.2 Å². The summed E-state index contributed by atoms with van der Waals surface area (Å²) in [6.45, 7) is 10.3. The number of aliphatic carboxylic acids is 1. The molecule has 4 atom stereocenters. The lowest BCUT2D eigenvalue weighted by molar-refractivity contribution is -0.144. The number of hydrogen-bond donors (Lipinski definition) is 3. The van der Waals surface area contributed by atoms with Gasteiger partial charge in [-0.15, -0.1) is 0 Å². The summed E-state index contributed by atoms with van der Waals surface area (Å²) in [5, 5.41) is 15.6. The second-order valence-electron chi connectivity index (χ2n) is 10.2. The number of allylic oxidation sites excluding steroid dienone is 1. The van der Waals surface area contributed by atoms with Crippen molar-refractivity contribution in [2.45, 2.75) is 95.4 Å². The number of alkyl carbamates (subject to hydrolysis) is 1. The van der Waals surface area contributed by atoms with Gasteiger partial charge in [0.2, 0.25) is 5.91 Å². The molecule has 2 amide bonds. The fraction of sp³-hybridized carbons (Fsp3) is 0.708. The zero-order valence-electron chi connectivity index (χ0n) is 19.5. The highest BCUT2D eigenvalue weighted by atomic mass is 16.6. The molecule has 0 aromatic rings. The van der Waals surface area contributed by atoms with Gasteiger partial charge in [0.15, 0.2) is 0 Å². The summed E-state index contributed by atoms with van der Waals surface area (Å²) >= 11 is 0. The van der Waals surface area contributed by atoms with Gasteiger partial charge in [0, 0.05) is 18.2 Å². The van der Waals surface area contributed by atoms with E-state index in [0.29, 0.717) is 31.5 Å². The molecule has 0 bridgehead atoms. The highest BCUT2D eigenvalue weighted by Gasteiger charge is 2.61. The molecule has 2 fully saturated rings. The first-order chi connectivity index (χ1) is 15.0. The Bertz CT molecular complexity index is 787. The van der Waals surface area contributed by atoms with E-state index in [1.165, 1.54) is 0 Å². The fourth-order valence-electron chi connectivity index (χ4n) is 4.67. The maximum atomic E-state index is 13.1. The molecule has 178 valence electrons. The zero-order valence-corrected chi connectivity index (χ0v) is 19.5. The summed E-state index contributed by atoms with van der Waals surface area (Å²) in [5.74, 6) is -1.45. The molecule has 2 aliphatic heterocycles. The number of rotatable bonds is 2. The average Bonchev–Trinajstić information content (AvgIpc) is 3.16. The van der Waals surface area contributed by atoms with Gasteiger partial charge < -0.3 is 25.4 Å². The third-order valence-electron chi connectivity index (χ3n) is 6.49. The molecular weight excluding hydrogens is 410 g/mol. The Balaban J connectivity index is 1.79. The van der Waals surface area contributed by atoms with E-state index in [2.05, 4.69) is 17.2 Å². The second-order valence-corrected chi connectivity index (χ2v) is 10.2. The number of nitrogens with one attached hydrogen (secondary N) is 2. The maximum Gasteiger partial charge on any atom is 0.408 e. The molecule has 3 N–H and O–H groups in total. The Labute approximate surface area is 190 Å². The molecule has 0 unspecified atom stereocenters. The van der Waals surface area contributed by atoms with Gasteiger partial charge in [-0.3, -0.25) is 4.79 Å². The summed E-state index contributed by atoms with van der Waals surface area (Å²) in [6.07, 6.45) is 9.74. The van der Waals surface area contributed by atoms with Crippen LogP contribution in [0.3, 0.4) is 0 Å². The molecule has 0 spiro atoms. The van der Waals surface area contributed by atoms with Gasteiger partial charge in [-0.2, -0.15) is 0 Å². The Morgan fingerprint density at radius 2 is 2.00 bits per heavy atom. The van der Waals surface area contributed by atoms with Gasteiger partial charge in [-0.1, -0.05) is 31.6 Å². The Morgan fingerprint density at radius 3 is 2.69 bits per heavy atom. The smallest absolute Gasteiger partial charge is 0.408 e. The quantitative estimate of drug-likeness (QED) is 0.561. The average molecular weight is 448 g/mol. The topological polar surface area (TPSA) is 108 Å². The lowest BCUT2D eigenvalue weighted by Gasteiger charge is -2.34. The predicted octanol–water partition coefficient (Wildman–Crippen LogP) is 3.34. The number of fused-ring (bicyclic) bond motifs is 2. The van der Waals surface area contributed by atoms with Crippen molar-refractivity contribution >= 4 is 18.0 Å². The van der Waals surface area contributed by atoms with Crippen LogP contribution in [0.5, 0.6) is 0 Å². The molecule has 0 aromatic heterocycles. The van der Waals surface area contributed by atoms with Gasteiger partial charge in [0.25, 0.3) is 0 Å². The number of ether oxygens (including phenoxy) is 1. The normalized spacial score (nSPS) is 32.5. The number of hydrogen-bond acceptors (Lipinski definition) is 5. The highest BCUT2D eigenvalue weighted by molar-refractivity contribution is 5.93. The van der Waals surface area contributed by atoms with Crippen molar-refractivity contribution in [3.8, 4) is 0 Å². The number of nitrogens with zero attached hydrogens (tertiary/aromatic N) is 1. The Morgan fingerprint density at radius 1 is 1.25 bits per heavy atom. The van der Waals surface area contributed by atoms with Gasteiger partial charge in [-0.25, -0.2) is 9.59 Å². The molecule has 32 heavy (non-hydrogen) atoms. The first kappa shape index (κ1) is 24.1. The molecule has 1 aliphatic carbocycles. The molecule has 1 saturated heterocycles. The minimum absolute atomic E-state index is 0.172. The van der Waals surface area contributed by atoms with Crippen molar-refractivity contribution in [1.82, 2.24) is 15.5 Å². The summed E-state index contributed by atoms with van der Waals surface area (Å²) in [5.41, 5.74) is -1.14. The Hall–Kier alpha value is -2.51. The van der Waals surface area contributed by atoms with Crippen molar-refractivity contribution in [2.24, 2.45) is 5.92 Å². The summed E-state index contributed by atoms with van der Waals surface area (Å²) in [6, 6.07) is -0.835. The predicted molar refractivity (Wildman–Crippen MR) is 121 cm³/mol. The van der Waals surface area contributed by atoms with Crippen molar-refractivity contribution in [2.75, 3.05) is 6.54 Å². The van der Waals surface area contributed by atoms with E-state index in [1.54, 1.807) is 0 Å². The lowest BCUT2D eigenvalue weighted by atomic mass is 10.0. The number of carboxylic acid groups (broad SMARTS) is 1. The van der Waals surface area contributed by atoms with Crippen LogP contribution >= 0.6 is 0 Å². The van der Waals surface area contributed by atoms with Gasteiger partial charge in [0.1, 0.15) is 17.2 Å². The van der Waals surface area contributed by atoms with E-state index >= 15 is 0 Å². The van der Waals surface area contributed by atoms with Crippen molar-refractivity contribution in [3.63, 3.8) is 0 Å². The van der Waals surface area contributed by atoms with Crippen LogP contribution in [0.4, 0.5) is 4.79 Å². The molecule has 8 heteroatoms. The van der Waals surface area contributed by atoms with Crippen LogP contribution in [-0.2, 0) is 14.3 Å². The largest absolute Gasteiger partial charge is 0.479 e. The number of carbonyl (C=O) groups excluding carboxylic acids is 2. The van der Waals surface area contributed by atoms with E-state index < -0.39 is 29.2 Å². The second kappa shape index (κ2) is 9.55. The first-order valence-electron chi connectivity index (χ1n) is 11.7.